The Morgan fingerprint density at radius 2 is 1.90 bits per heavy atom. The fourth-order valence-corrected chi connectivity index (χ4v) is 5.63. The van der Waals surface area contributed by atoms with Crippen LogP contribution in [0, 0.1) is 0 Å². The van der Waals surface area contributed by atoms with Gasteiger partial charge in [-0.3, -0.25) is 4.79 Å². The van der Waals surface area contributed by atoms with Gasteiger partial charge in [-0.2, -0.15) is 4.31 Å². The van der Waals surface area contributed by atoms with E-state index in [4.69, 9.17) is 16.3 Å². The zero-order valence-corrected chi connectivity index (χ0v) is 19.4. The van der Waals surface area contributed by atoms with Crippen LogP contribution in [0.3, 0.4) is 0 Å². The lowest BCUT2D eigenvalue weighted by Crippen LogP contribution is -2.35. The Bertz CT molecular complexity index is 1020. The molecule has 0 spiro atoms. The summed E-state index contributed by atoms with van der Waals surface area (Å²) in [6, 6.07) is 9.89. The number of carbonyl (C=O) groups is 1. The van der Waals surface area contributed by atoms with Crippen molar-refractivity contribution in [3.63, 3.8) is 0 Å². The summed E-state index contributed by atoms with van der Waals surface area (Å²) in [4.78, 5) is 13.8. The van der Waals surface area contributed by atoms with Crippen molar-refractivity contribution in [3.8, 4) is 5.75 Å². The summed E-state index contributed by atoms with van der Waals surface area (Å²) < 4.78 is 33.5. The monoisotopic (exact) mass is 468 g/mol. The number of halogens is 1. The molecule has 162 valence electrons. The summed E-state index contributed by atoms with van der Waals surface area (Å²) in [6.07, 6.45) is 4.61. The highest BCUT2D eigenvalue weighted by molar-refractivity contribution is 7.98. The van der Waals surface area contributed by atoms with E-state index in [-0.39, 0.29) is 10.6 Å². The highest BCUT2D eigenvalue weighted by atomic mass is 35.5. The lowest BCUT2D eigenvalue weighted by molar-refractivity contribution is 0.102. The quantitative estimate of drug-likeness (QED) is 0.585. The zero-order chi connectivity index (χ0) is 21.7. The molecule has 1 amide bonds. The van der Waals surface area contributed by atoms with Crippen LogP contribution >= 0.6 is 23.4 Å². The van der Waals surface area contributed by atoms with Crippen LogP contribution in [0.15, 0.2) is 46.2 Å². The van der Waals surface area contributed by atoms with Crippen molar-refractivity contribution in [3.05, 3.63) is 47.0 Å². The Kier molecular flexibility index (Phi) is 7.68. The number of ether oxygens (including phenoxy) is 1. The van der Waals surface area contributed by atoms with Crippen LogP contribution in [-0.2, 0) is 10.0 Å². The molecule has 0 aromatic heterocycles. The lowest BCUT2D eigenvalue weighted by Gasteiger charge is -2.27. The number of piperidine rings is 1. The third-order valence-corrected chi connectivity index (χ3v) is 7.83. The van der Waals surface area contributed by atoms with E-state index >= 15 is 0 Å². The number of thioether (sulfide) groups is 1. The summed E-state index contributed by atoms with van der Waals surface area (Å²) in [5.74, 6) is -0.120. The fourth-order valence-electron chi connectivity index (χ4n) is 3.31. The molecule has 0 radical (unpaired) electrons. The minimum Gasteiger partial charge on any atom is -0.492 e. The van der Waals surface area contributed by atoms with E-state index in [2.05, 4.69) is 5.32 Å². The molecule has 2 aromatic rings. The van der Waals surface area contributed by atoms with E-state index < -0.39 is 15.9 Å². The van der Waals surface area contributed by atoms with Crippen LogP contribution < -0.4 is 10.1 Å². The van der Waals surface area contributed by atoms with E-state index in [9.17, 15) is 13.2 Å². The van der Waals surface area contributed by atoms with Gasteiger partial charge in [0.15, 0.2) is 0 Å². The molecular weight excluding hydrogens is 444 g/mol. The minimum absolute atomic E-state index is 0.0630. The van der Waals surface area contributed by atoms with Crippen LogP contribution in [0.2, 0.25) is 5.02 Å². The number of anilines is 1. The number of nitrogens with one attached hydrogen (secondary N) is 1. The number of amides is 1. The summed E-state index contributed by atoms with van der Waals surface area (Å²) in [7, 11) is -3.73. The molecule has 0 unspecified atom stereocenters. The average Bonchev–Trinajstić information content (AvgIpc) is 2.75. The van der Waals surface area contributed by atoms with Crippen molar-refractivity contribution in [1.29, 1.82) is 0 Å². The standard InChI is InChI=1S/C21H25ClN2O4S2/c1-3-28-19-10-7-15(13-20(19)30(26,27)24-11-5-4-6-12-24)23-21(25)17-14-16(29-2)8-9-18(17)22/h7-10,13-14H,3-6,11-12H2,1-2H3,(H,23,25). The van der Waals surface area contributed by atoms with Crippen LogP contribution in [-0.4, -0.2) is 44.6 Å². The largest absolute Gasteiger partial charge is 0.492 e. The van der Waals surface area contributed by atoms with Gasteiger partial charge in [-0.25, -0.2) is 8.42 Å². The number of benzene rings is 2. The normalized spacial score (nSPS) is 15.0. The number of carbonyl (C=O) groups excluding carboxylic acids is 1. The molecule has 9 heteroatoms. The van der Waals surface area contributed by atoms with E-state index in [1.807, 2.05) is 12.3 Å². The molecule has 1 aliphatic rings. The van der Waals surface area contributed by atoms with Crippen molar-refractivity contribution in [2.45, 2.75) is 36.0 Å². The first-order chi connectivity index (χ1) is 14.4. The Morgan fingerprint density at radius 3 is 2.57 bits per heavy atom. The van der Waals surface area contributed by atoms with Gasteiger partial charge in [0, 0.05) is 23.7 Å². The third-order valence-electron chi connectivity index (χ3n) is 4.85. The Hall–Kier alpha value is -1.74. The number of hydrogen-bond donors (Lipinski definition) is 1. The summed E-state index contributed by atoms with van der Waals surface area (Å²) in [6.45, 7) is 3.11. The molecule has 1 fully saturated rings. The lowest BCUT2D eigenvalue weighted by atomic mass is 10.2. The van der Waals surface area contributed by atoms with Gasteiger partial charge >= 0.3 is 0 Å². The molecule has 30 heavy (non-hydrogen) atoms. The van der Waals surface area contributed by atoms with Crippen molar-refractivity contribution >= 4 is 45.0 Å². The number of sulfonamides is 1. The molecule has 1 saturated heterocycles. The average molecular weight is 469 g/mol. The maximum Gasteiger partial charge on any atom is 0.257 e. The first-order valence-corrected chi connectivity index (χ1v) is 12.8. The smallest absolute Gasteiger partial charge is 0.257 e. The van der Waals surface area contributed by atoms with E-state index in [0.717, 1.165) is 24.2 Å². The van der Waals surface area contributed by atoms with Gasteiger partial charge in [0.25, 0.3) is 5.91 Å². The Morgan fingerprint density at radius 1 is 1.17 bits per heavy atom. The minimum atomic E-state index is -3.73. The van der Waals surface area contributed by atoms with Crippen molar-refractivity contribution in [1.82, 2.24) is 4.31 Å². The predicted molar refractivity (Wildman–Crippen MR) is 121 cm³/mol. The SMILES string of the molecule is CCOc1ccc(NC(=O)c2cc(SC)ccc2Cl)cc1S(=O)(=O)N1CCCCC1. The van der Waals surface area contributed by atoms with Gasteiger partial charge in [-0.05, 0) is 62.4 Å². The molecule has 0 aliphatic carbocycles. The Labute approximate surface area is 187 Å². The summed E-state index contributed by atoms with van der Waals surface area (Å²) >= 11 is 7.70. The number of hydrogen-bond acceptors (Lipinski definition) is 5. The maximum absolute atomic E-state index is 13.2. The number of nitrogens with zero attached hydrogens (tertiary/aromatic N) is 1. The second-order valence-electron chi connectivity index (χ2n) is 6.86. The maximum atomic E-state index is 13.2. The molecule has 0 atom stereocenters. The molecular formula is C21H25ClN2O4S2. The van der Waals surface area contributed by atoms with Crippen molar-refractivity contribution < 1.29 is 17.9 Å². The van der Waals surface area contributed by atoms with Crippen molar-refractivity contribution in [2.75, 3.05) is 31.3 Å². The van der Waals surface area contributed by atoms with Gasteiger partial charge in [-0.15, -0.1) is 11.8 Å². The molecule has 6 nitrogen and oxygen atoms in total. The molecule has 1 aliphatic heterocycles. The van der Waals surface area contributed by atoms with Crippen LogP contribution in [0.4, 0.5) is 5.69 Å². The molecule has 3 rings (SSSR count). The first-order valence-electron chi connectivity index (χ1n) is 9.78. The van der Waals surface area contributed by atoms with Gasteiger partial charge in [0.05, 0.1) is 17.2 Å². The van der Waals surface area contributed by atoms with E-state index in [1.165, 1.54) is 22.1 Å². The molecule has 1 N–H and O–H groups in total. The molecule has 2 aromatic carbocycles. The van der Waals surface area contributed by atoms with Gasteiger partial charge in [-0.1, -0.05) is 18.0 Å². The van der Waals surface area contributed by atoms with Crippen LogP contribution in [0.1, 0.15) is 36.5 Å². The fraction of sp³-hybridized carbons (Fsp3) is 0.381. The highest BCUT2D eigenvalue weighted by Gasteiger charge is 2.29. The molecule has 1 heterocycles. The number of rotatable bonds is 7. The second-order valence-corrected chi connectivity index (χ2v) is 10.1. The summed E-state index contributed by atoms with van der Waals surface area (Å²) in [5.41, 5.74) is 0.697. The van der Waals surface area contributed by atoms with E-state index in [1.54, 1.807) is 31.2 Å². The van der Waals surface area contributed by atoms with E-state index in [0.29, 0.717) is 36.0 Å². The van der Waals surface area contributed by atoms with Crippen LogP contribution in [0.5, 0.6) is 5.75 Å². The van der Waals surface area contributed by atoms with Gasteiger partial charge in [0.1, 0.15) is 10.6 Å². The topological polar surface area (TPSA) is 75.7 Å². The molecule has 0 saturated carbocycles. The zero-order valence-electron chi connectivity index (χ0n) is 17.0. The van der Waals surface area contributed by atoms with Crippen LogP contribution in [0.25, 0.3) is 0 Å². The first kappa shape index (κ1) is 22.9. The molecule has 0 bridgehead atoms. The van der Waals surface area contributed by atoms with Crippen molar-refractivity contribution in [2.24, 2.45) is 0 Å². The predicted octanol–water partition coefficient (Wildman–Crippen LogP) is 4.89. The second kappa shape index (κ2) is 10.0. The van der Waals surface area contributed by atoms with Gasteiger partial charge in [0.2, 0.25) is 10.0 Å². The highest BCUT2D eigenvalue weighted by Crippen LogP contribution is 2.32. The Balaban J connectivity index is 1.93. The summed E-state index contributed by atoms with van der Waals surface area (Å²) in [5, 5.41) is 3.09. The van der Waals surface area contributed by atoms with Gasteiger partial charge < -0.3 is 10.1 Å². The third kappa shape index (κ3) is 5.11.